The molecule has 9 heteroatoms. The minimum absolute atomic E-state index is 0.0250. The van der Waals surface area contributed by atoms with Crippen molar-refractivity contribution in [2.75, 3.05) is 26.6 Å². The normalized spacial score (nSPS) is 15.0. The Bertz CT molecular complexity index is 1220. The predicted molar refractivity (Wildman–Crippen MR) is 114 cm³/mol. The Hall–Kier alpha value is -4.01. The lowest BCUT2D eigenvalue weighted by molar-refractivity contribution is -0.116. The number of amides is 1. The van der Waals surface area contributed by atoms with E-state index in [0.29, 0.717) is 34.2 Å². The molecule has 0 fully saturated rings. The number of fused-ring (bicyclic) bond motifs is 1. The maximum absolute atomic E-state index is 14.0. The van der Waals surface area contributed by atoms with Crippen molar-refractivity contribution >= 4 is 17.6 Å². The molecular weight excluding hydrogens is 419 g/mol. The molecule has 0 spiro atoms. The highest BCUT2D eigenvalue weighted by Gasteiger charge is 2.36. The van der Waals surface area contributed by atoms with Gasteiger partial charge >= 0.3 is 5.97 Å². The van der Waals surface area contributed by atoms with Gasteiger partial charge < -0.3 is 29.2 Å². The molecule has 8 nitrogen and oxygen atoms in total. The largest absolute Gasteiger partial charge is 0.496 e. The maximum Gasteiger partial charge on any atom is 0.339 e. The molecule has 0 radical (unpaired) electrons. The van der Waals surface area contributed by atoms with E-state index in [1.807, 2.05) is 0 Å². The van der Waals surface area contributed by atoms with Gasteiger partial charge in [-0.3, -0.25) is 4.79 Å². The molecule has 0 unspecified atom stereocenters. The zero-order valence-electron chi connectivity index (χ0n) is 17.6. The lowest BCUT2D eigenvalue weighted by atomic mass is 9.87. The van der Waals surface area contributed by atoms with Crippen molar-refractivity contribution in [2.45, 2.75) is 12.3 Å². The van der Waals surface area contributed by atoms with Crippen molar-refractivity contribution in [3.63, 3.8) is 0 Å². The molecule has 0 aliphatic carbocycles. The van der Waals surface area contributed by atoms with Crippen LogP contribution in [-0.2, 0) is 4.79 Å². The van der Waals surface area contributed by atoms with Crippen LogP contribution in [0.4, 0.5) is 10.1 Å². The summed E-state index contributed by atoms with van der Waals surface area (Å²) in [5.41, 5.74) is 1.60. The van der Waals surface area contributed by atoms with Crippen LogP contribution in [0.15, 0.2) is 42.6 Å². The number of methoxy groups -OCH3 is 3. The Labute approximate surface area is 183 Å². The summed E-state index contributed by atoms with van der Waals surface area (Å²) in [6.45, 7) is 0. The van der Waals surface area contributed by atoms with Crippen molar-refractivity contribution in [3.8, 4) is 22.9 Å². The van der Waals surface area contributed by atoms with Crippen LogP contribution in [0.25, 0.3) is 5.69 Å². The van der Waals surface area contributed by atoms with Gasteiger partial charge in [0.1, 0.15) is 17.1 Å². The van der Waals surface area contributed by atoms with Crippen LogP contribution in [0.3, 0.4) is 0 Å². The molecule has 4 rings (SSSR count). The molecule has 2 N–H and O–H groups in total. The molecule has 0 saturated carbocycles. The van der Waals surface area contributed by atoms with Gasteiger partial charge in [0.15, 0.2) is 11.5 Å². The number of carbonyl (C=O) groups excluding carboxylic acids is 1. The first-order chi connectivity index (χ1) is 15.4. The summed E-state index contributed by atoms with van der Waals surface area (Å²) in [4.78, 5) is 24.5. The summed E-state index contributed by atoms with van der Waals surface area (Å²) < 4.78 is 31.9. The highest BCUT2D eigenvalue weighted by molar-refractivity contribution is 6.04. The van der Waals surface area contributed by atoms with Gasteiger partial charge in [-0.25, -0.2) is 9.18 Å². The smallest absolute Gasteiger partial charge is 0.339 e. The SMILES string of the molecule is COc1cc(OC)c([C@@H]2CC(=O)Nc3c(C(=O)O)cn(-c4cccc(F)c4)c32)cc1OC. The van der Waals surface area contributed by atoms with Crippen molar-refractivity contribution in [2.24, 2.45) is 0 Å². The van der Waals surface area contributed by atoms with E-state index in [2.05, 4.69) is 5.32 Å². The molecule has 1 amide bonds. The maximum atomic E-state index is 14.0. The minimum Gasteiger partial charge on any atom is -0.496 e. The number of rotatable bonds is 6. The quantitative estimate of drug-likeness (QED) is 0.605. The van der Waals surface area contributed by atoms with Gasteiger partial charge in [-0.05, 0) is 24.3 Å². The van der Waals surface area contributed by atoms with E-state index < -0.39 is 17.7 Å². The first kappa shape index (κ1) is 21.2. The second-order valence-electron chi connectivity index (χ2n) is 7.21. The zero-order chi connectivity index (χ0) is 23.0. The van der Waals surface area contributed by atoms with E-state index in [1.54, 1.807) is 22.8 Å². The molecule has 1 aliphatic rings. The fourth-order valence-corrected chi connectivity index (χ4v) is 4.05. The van der Waals surface area contributed by atoms with Gasteiger partial charge in [0.25, 0.3) is 0 Å². The predicted octanol–water partition coefficient (Wildman–Crippen LogP) is 3.81. The number of nitrogens with one attached hydrogen (secondary N) is 1. The number of aromatic carboxylic acids is 1. The van der Waals surface area contributed by atoms with Crippen molar-refractivity contribution in [3.05, 3.63) is 65.2 Å². The molecule has 2 aromatic carbocycles. The van der Waals surface area contributed by atoms with Crippen LogP contribution in [0, 0.1) is 5.82 Å². The monoisotopic (exact) mass is 440 g/mol. The van der Waals surface area contributed by atoms with Crippen LogP contribution in [0.1, 0.15) is 34.0 Å². The number of ether oxygens (including phenoxy) is 3. The summed E-state index contributed by atoms with van der Waals surface area (Å²) in [6.07, 6.45) is 1.41. The molecule has 3 aromatic rings. The highest BCUT2D eigenvalue weighted by atomic mass is 19.1. The fraction of sp³-hybridized carbons (Fsp3) is 0.217. The standard InChI is InChI=1S/C23H21FN2O6/c1-30-17-10-19(32-3)18(31-2)8-14(17)15-9-20(27)25-21-16(23(28)29)11-26(22(15)21)13-6-4-5-12(24)7-13/h4-8,10-11,15H,9H2,1-3H3,(H,25,27)(H,28,29)/t15-/m0/s1. The zero-order valence-corrected chi connectivity index (χ0v) is 17.6. The molecule has 0 bridgehead atoms. The Morgan fingerprint density at radius 3 is 2.41 bits per heavy atom. The van der Waals surface area contributed by atoms with Crippen LogP contribution in [-0.4, -0.2) is 42.9 Å². The van der Waals surface area contributed by atoms with Gasteiger partial charge in [0.05, 0.1) is 32.7 Å². The molecule has 166 valence electrons. The number of carboxylic acids is 1. The van der Waals surface area contributed by atoms with Crippen LogP contribution in [0.2, 0.25) is 0 Å². The highest BCUT2D eigenvalue weighted by Crippen LogP contribution is 2.47. The van der Waals surface area contributed by atoms with E-state index in [-0.39, 0.29) is 23.6 Å². The number of hydrogen-bond donors (Lipinski definition) is 2. The first-order valence-electron chi connectivity index (χ1n) is 9.72. The molecule has 1 atom stereocenters. The third-order valence-electron chi connectivity index (χ3n) is 5.46. The number of anilines is 1. The Morgan fingerprint density at radius 2 is 1.78 bits per heavy atom. The Kier molecular flexibility index (Phi) is 5.48. The van der Waals surface area contributed by atoms with Crippen molar-refractivity contribution in [1.82, 2.24) is 4.57 Å². The number of carbonyl (C=O) groups is 2. The average molecular weight is 440 g/mol. The fourth-order valence-electron chi connectivity index (χ4n) is 4.05. The Morgan fingerprint density at radius 1 is 1.09 bits per heavy atom. The summed E-state index contributed by atoms with van der Waals surface area (Å²) in [5, 5.41) is 12.4. The van der Waals surface area contributed by atoms with E-state index >= 15 is 0 Å². The van der Waals surface area contributed by atoms with Gasteiger partial charge in [-0.1, -0.05) is 6.07 Å². The Balaban J connectivity index is 2.01. The van der Waals surface area contributed by atoms with Gasteiger partial charge in [0, 0.05) is 35.9 Å². The van der Waals surface area contributed by atoms with E-state index in [0.717, 1.165) is 0 Å². The molecule has 1 aromatic heterocycles. The van der Waals surface area contributed by atoms with E-state index in [1.165, 1.54) is 45.7 Å². The summed E-state index contributed by atoms with van der Waals surface area (Å²) in [5.74, 6) is -1.31. The lowest BCUT2D eigenvalue weighted by Gasteiger charge is -2.28. The second-order valence-corrected chi connectivity index (χ2v) is 7.21. The van der Waals surface area contributed by atoms with Gasteiger partial charge in [-0.15, -0.1) is 0 Å². The average Bonchev–Trinajstić information content (AvgIpc) is 3.17. The second kappa shape index (κ2) is 8.26. The number of halogens is 1. The number of benzene rings is 2. The third-order valence-corrected chi connectivity index (χ3v) is 5.46. The van der Waals surface area contributed by atoms with E-state index in [4.69, 9.17) is 14.2 Å². The van der Waals surface area contributed by atoms with Crippen LogP contribution >= 0.6 is 0 Å². The number of nitrogens with zero attached hydrogens (tertiary/aromatic N) is 1. The minimum atomic E-state index is -1.21. The van der Waals surface area contributed by atoms with Crippen LogP contribution in [0.5, 0.6) is 17.2 Å². The van der Waals surface area contributed by atoms with Crippen LogP contribution < -0.4 is 19.5 Å². The molecule has 1 aliphatic heterocycles. The molecule has 2 heterocycles. The lowest BCUT2D eigenvalue weighted by Crippen LogP contribution is -2.26. The van der Waals surface area contributed by atoms with E-state index in [9.17, 15) is 19.1 Å². The van der Waals surface area contributed by atoms with Gasteiger partial charge in [0.2, 0.25) is 5.91 Å². The molecule has 32 heavy (non-hydrogen) atoms. The van der Waals surface area contributed by atoms with Crippen molar-refractivity contribution in [1.29, 1.82) is 0 Å². The van der Waals surface area contributed by atoms with Gasteiger partial charge in [-0.2, -0.15) is 0 Å². The summed E-state index contributed by atoms with van der Waals surface area (Å²) in [6, 6.07) is 9.14. The number of carboxylic acid groups (broad SMARTS) is 1. The third kappa shape index (κ3) is 3.51. The summed E-state index contributed by atoms with van der Waals surface area (Å²) >= 11 is 0. The first-order valence-corrected chi connectivity index (χ1v) is 9.72. The summed E-state index contributed by atoms with van der Waals surface area (Å²) in [7, 11) is 4.48. The number of hydrogen-bond acceptors (Lipinski definition) is 5. The van der Waals surface area contributed by atoms with Crippen molar-refractivity contribution < 1.29 is 33.3 Å². The molecule has 0 saturated heterocycles. The molecular formula is C23H21FN2O6. The number of aromatic nitrogens is 1. The topological polar surface area (TPSA) is 99.0 Å².